The number of fused-ring (bicyclic) bond motifs is 2. The van der Waals surface area contributed by atoms with Gasteiger partial charge in [0.2, 0.25) is 0 Å². The van der Waals surface area contributed by atoms with Crippen LogP contribution in [0.5, 0.6) is 11.5 Å². The molecule has 1 aliphatic carbocycles. The number of anilines is 1. The van der Waals surface area contributed by atoms with Gasteiger partial charge in [-0.15, -0.1) is 0 Å². The van der Waals surface area contributed by atoms with Gasteiger partial charge in [0.25, 0.3) is 5.91 Å². The molecule has 0 unspecified atom stereocenters. The van der Waals surface area contributed by atoms with Gasteiger partial charge in [0.1, 0.15) is 25.2 Å². The molecule has 0 fully saturated rings. The molecule has 1 amide bonds. The van der Waals surface area contributed by atoms with Gasteiger partial charge in [-0.3, -0.25) is 4.79 Å². The molecule has 118 valence electrons. The highest BCUT2D eigenvalue weighted by Crippen LogP contribution is 2.32. The third-order valence-corrected chi connectivity index (χ3v) is 4.14. The summed E-state index contributed by atoms with van der Waals surface area (Å²) in [6.07, 6.45) is 5.45. The van der Waals surface area contributed by atoms with Crippen LogP contribution in [0.2, 0.25) is 0 Å². The largest absolute Gasteiger partial charge is 0.486 e. The number of carbonyl (C=O) groups is 1. The number of nitrogens with one attached hydrogen (secondary N) is 1. The number of hydrogen-bond acceptors (Lipinski definition) is 5. The lowest BCUT2D eigenvalue weighted by atomic mass is 9.94. The summed E-state index contributed by atoms with van der Waals surface area (Å²) in [6.45, 7) is 1.07. The van der Waals surface area contributed by atoms with Gasteiger partial charge >= 0.3 is 0 Å². The van der Waals surface area contributed by atoms with Gasteiger partial charge in [-0.1, -0.05) is 0 Å². The van der Waals surface area contributed by atoms with Crippen molar-refractivity contribution in [1.29, 1.82) is 0 Å². The lowest BCUT2D eigenvalue weighted by Crippen LogP contribution is -2.20. The highest BCUT2D eigenvalue weighted by molar-refractivity contribution is 6.04. The zero-order valence-corrected chi connectivity index (χ0v) is 12.7. The van der Waals surface area contributed by atoms with E-state index in [1.165, 1.54) is 6.33 Å². The Labute approximate surface area is 133 Å². The van der Waals surface area contributed by atoms with Crippen molar-refractivity contribution >= 4 is 11.6 Å². The molecule has 4 rings (SSSR count). The van der Waals surface area contributed by atoms with E-state index < -0.39 is 0 Å². The average Bonchev–Trinajstić information content (AvgIpc) is 2.61. The Bertz CT molecular complexity index is 761. The van der Waals surface area contributed by atoms with Gasteiger partial charge in [-0.25, -0.2) is 9.97 Å². The zero-order chi connectivity index (χ0) is 15.6. The quantitative estimate of drug-likeness (QED) is 0.922. The molecule has 0 radical (unpaired) electrons. The predicted molar refractivity (Wildman–Crippen MR) is 84.1 cm³/mol. The van der Waals surface area contributed by atoms with Crippen LogP contribution in [-0.4, -0.2) is 29.1 Å². The predicted octanol–water partition coefficient (Wildman–Crippen LogP) is 2.38. The first-order valence-electron chi connectivity index (χ1n) is 7.85. The van der Waals surface area contributed by atoms with E-state index >= 15 is 0 Å². The maximum Gasteiger partial charge on any atom is 0.274 e. The lowest BCUT2D eigenvalue weighted by Gasteiger charge is -2.19. The number of benzene rings is 1. The zero-order valence-electron chi connectivity index (χ0n) is 12.7. The molecule has 2 heterocycles. The molecule has 0 spiro atoms. The van der Waals surface area contributed by atoms with Crippen molar-refractivity contribution in [2.45, 2.75) is 25.7 Å². The van der Waals surface area contributed by atoms with Crippen molar-refractivity contribution in [2.75, 3.05) is 18.5 Å². The highest BCUT2D eigenvalue weighted by Gasteiger charge is 2.21. The molecular formula is C17H17N3O3. The Hall–Kier alpha value is -2.63. The summed E-state index contributed by atoms with van der Waals surface area (Å²) in [6, 6.07) is 5.39. The van der Waals surface area contributed by atoms with Gasteiger partial charge in [-0.2, -0.15) is 0 Å². The Balaban J connectivity index is 1.59. The summed E-state index contributed by atoms with van der Waals surface area (Å²) in [5, 5.41) is 2.89. The summed E-state index contributed by atoms with van der Waals surface area (Å²) >= 11 is 0. The van der Waals surface area contributed by atoms with Gasteiger partial charge in [0.05, 0.1) is 0 Å². The fraction of sp³-hybridized carbons (Fsp3) is 0.353. The summed E-state index contributed by atoms with van der Waals surface area (Å²) in [5.41, 5.74) is 3.12. The molecule has 0 saturated heterocycles. The highest BCUT2D eigenvalue weighted by atomic mass is 16.6. The van der Waals surface area contributed by atoms with Crippen molar-refractivity contribution < 1.29 is 14.3 Å². The van der Waals surface area contributed by atoms with E-state index in [-0.39, 0.29) is 5.91 Å². The minimum absolute atomic E-state index is 0.206. The molecule has 1 N–H and O–H groups in total. The summed E-state index contributed by atoms with van der Waals surface area (Å²) < 4.78 is 11.0. The normalized spacial score (nSPS) is 15.7. The molecule has 1 aliphatic heterocycles. The van der Waals surface area contributed by atoms with Crippen molar-refractivity contribution in [3.05, 3.63) is 41.5 Å². The van der Waals surface area contributed by atoms with Gasteiger partial charge in [0.15, 0.2) is 11.5 Å². The van der Waals surface area contributed by atoms with E-state index in [2.05, 4.69) is 15.3 Å². The Morgan fingerprint density at radius 1 is 1.04 bits per heavy atom. The molecule has 23 heavy (non-hydrogen) atoms. The van der Waals surface area contributed by atoms with Crippen LogP contribution in [0.1, 0.15) is 34.6 Å². The molecule has 0 bridgehead atoms. The van der Waals surface area contributed by atoms with Crippen molar-refractivity contribution in [1.82, 2.24) is 9.97 Å². The van der Waals surface area contributed by atoms with Crippen LogP contribution in [0.15, 0.2) is 24.5 Å². The van der Waals surface area contributed by atoms with Crippen LogP contribution < -0.4 is 14.8 Å². The lowest BCUT2D eigenvalue weighted by molar-refractivity contribution is 0.102. The number of aromatic nitrogens is 2. The molecule has 1 aromatic heterocycles. The number of aryl methyl sites for hydroxylation is 1. The van der Waals surface area contributed by atoms with E-state index in [9.17, 15) is 4.79 Å². The van der Waals surface area contributed by atoms with E-state index in [1.54, 1.807) is 18.2 Å². The molecular weight excluding hydrogens is 294 g/mol. The first-order valence-corrected chi connectivity index (χ1v) is 7.85. The van der Waals surface area contributed by atoms with Crippen molar-refractivity contribution in [3.8, 4) is 11.5 Å². The van der Waals surface area contributed by atoms with Crippen LogP contribution in [-0.2, 0) is 12.8 Å². The summed E-state index contributed by atoms with van der Waals surface area (Å²) in [4.78, 5) is 21.1. The van der Waals surface area contributed by atoms with Crippen LogP contribution in [0.3, 0.4) is 0 Å². The fourth-order valence-electron chi connectivity index (χ4n) is 3.03. The van der Waals surface area contributed by atoms with E-state index in [4.69, 9.17) is 9.47 Å². The topological polar surface area (TPSA) is 73.3 Å². The summed E-state index contributed by atoms with van der Waals surface area (Å²) in [5.74, 6) is 1.15. The number of rotatable bonds is 2. The second kappa shape index (κ2) is 5.87. The fourth-order valence-corrected chi connectivity index (χ4v) is 3.03. The Morgan fingerprint density at radius 2 is 1.87 bits per heavy atom. The molecule has 0 saturated carbocycles. The monoisotopic (exact) mass is 311 g/mol. The third-order valence-electron chi connectivity index (χ3n) is 4.14. The number of nitrogens with zero attached hydrogens (tertiary/aromatic N) is 2. The summed E-state index contributed by atoms with van der Waals surface area (Å²) in [7, 11) is 0. The molecule has 6 heteroatoms. The standard InChI is InChI=1S/C17H17N3O3/c21-17(16-12-3-1-2-4-13(12)18-10-19-16)20-11-5-6-14-15(9-11)23-8-7-22-14/h5-6,9-10H,1-4,7-8H2,(H,20,21). The molecule has 2 aliphatic rings. The second-order valence-corrected chi connectivity index (χ2v) is 5.67. The molecule has 2 aromatic rings. The van der Waals surface area contributed by atoms with E-state index in [1.807, 2.05) is 0 Å². The number of carbonyl (C=O) groups excluding carboxylic acids is 1. The van der Waals surface area contributed by atoms with Gasteiger partial charge < -0.3 is 14.8 Å². The number of hydrogen-bond donors (Lipinski definition) is 1. The molecule has 6 nitrogen and oxygen atoms in total. The van der Waals surface area contributed by atoms with Gasteiger partial charge in [-0.05, 0) is 37.8 Å². The van der Waals surface area contributed by atoms with Crippen LogP contribution in [0.4, 0.5) is 5.69 Å². The smallest absolute Gasteiger partial charge is 0.274 e. The Morgan fingerprint density at radius 3 is 2.78 bits per heavy atom. The average molecular weight is 311 g/mol. The van der Waals surface area contributed by atoms with Crippen molar-refractivity contribution in [2.24, 2.45) is 0 Å². The molecule has 1 aromatic carbocycles. The van der Waals surface area contributed by atoms with E-state index in [0.29, 0.717) is 36.1 Å². The van der Waals surface area contributed by atoms with E-state index in [0.717, 1.165) is 36.9 Å². The maximum absolute atomic E-state index is 12.6. The SMILES string of the molecule is O=C(Nc1ccc2c(c1)OCCO2)c1ncnc2c1CCCC2. The minimum atomic E-state index is -0.206. The van der Waals surface area contributed by atoms with Crippen LogP contribution >= 0.6 is 0 Å². The van der Waals surface area contributed by atoms with Gasteiger partial charge in [0, 0.05) is 23.0 Å². The Kier molecular flexibility index (Phi) is 3.57. The molecule has 0 atom stereocenters. The second-order valence-electron chi connectivity index (χ2n) is 5.67. The first-order chi connectivity index (χ1) is 11.3. The number of ether oxygens (including phenoxy) is 2. The third kappa shape index (κ3) is 2.72. The van der Waals surface area contributed by atoms with Crippen LogP contribution in [0, 0.1) is 0 Å². The van der Waals surface area contributed by atoms with Crippen molar-refractivity contribution in [3.63, 3.8) is 0 Å². The number of amides is 1. The first kappa shape index (κ1) is 14.0. The maximum atomic E-state index is 12.6. The minimum Gasteiger partial charge on any atom is -0.486 e. The van der Waals surface area contributed by atoms with Crippen LogP contribution in [0.25, 0.3) is 0 Å².